The third-order valence-electron chi connectivity index (χ3n) is 2.26. The van der Waals surface area contributed by atoms with Crippen molar-refractivity contribution in [2.75, 3.05) is 6.61 Å². The van der Waals surface area contributed by atoms with Crippen molar-refractivity contribution in [3.63, 3.8) is 0 Å². The van der Waals surface area contributed by atoms with Crippen LogP contribution in [-0.4, -0.2) is 18.4 Å². The van der Waals surface area contributed by atoms with Gasteiger partial charge in [0.25, 0.3) is 0 Å². The maximum absolute atomic E-state index is 10.9. The molecular weight excluding hydrogens is 204 g/mol. The summed E-state index contributed by atoms with van der Waals surface area (Å²) in [5, 5.41) is 3.95. The summed E-state index contributed by atoms with van der Waals surface area (Å²) in [6.07, 6.45) is 6.69. The predicted octanol–water partition coefficient (Wildman–Crippen LogP) is 3.47. The van der Waals surface area contributed by atoms with E-state index in [1.807, 2.05) is 6.92 Å². The van der Waals surface area contributed by atoms with Crippen LogP contribution in [0.2, 0.25) is 0 Å². The van der Waals surface area contributed by atoms with Gasteiger partial charge in [0.2, 0.25) is 0 Å². The minimum atomic E-state index is -0.479. The van der Waals surface area contributed by atoms with Gasteiger partial charge < -0.3 is 4.74 Å². The fraction of sp³-hybridized carbons (Fsp3) is 0.833. The Balaban J connectivity index is 3.51. The number of amides is 1. The van der Waals surface area contributed by atoms with Gasteiger partial charge in [-0.05, 0) is 26.7 Å². The van der Waals surface area contributed by atoms with Crippen LogP contribution < -0.4 is 5.43 Å². The molecule has 0 atom stereocenters. The summed E-state index contributed by atoms with van der Waals surface area (Å²) in [6.45, 7) is 6.27. The molecular formula is C12H24N2O2. The van der Waals surface area contributed by atoms with Crippen molar-refractivity contribution < 1.29 is 9.53 Å². The molecule has 0 saturated heterocycles. The van der Waals surface area contributed by atoms with E-state index >= 15 is 0 Å². The maximum Gasteiger partial charge on any atom is 0.427 e. The van der Waals surface area contributed by atoms with E-state index in [0.717, 1.165) is 18.6 Å². The van der Waals surface area contributed by atoms with Gasteiger partial charge in [-0.15, -0.1) is 0 Å². The number of carbonyl (C=O) groups is 1. The number of hydrogen-bond donors (Lipinski definition) is 1. The topological polar surface area (TPSA) is 50.7 Å². The molecule has 1 amide bonds. The minimum Gasteiger partial charge on any atom is -0.449 e. The Labute approximate surface area is 98.4 Å². The molecule has 0 heterocycles. The van der Waals surface area contributed by atoms with Crippen LogP contribution in [0.1, 0.15) is 59.3 Å². The average Bonchev–Trinajstić information content (AvgIpc) is 2.26. The fourth-order valence-electron chi connectivity index (χ4n) is 1.34. The molecule has 0 aliphatic heterocycles. The van der Waals surface area contributed by atoms with Crippen molar-refractivity contribution in [1.29, 1.82) is 0 Å². The molecule has 0 aliphatic rings. The van der Waals surface area contributed by atoms with Gasteiger partial charge in [0.05, 0.1) is 6.61 Å². The Morgan fingerprint density at radius 2 is 1.88 bits per heavy atom. The first-order valence-corrected chi connectivity index (χ1v) is 6.16. The van der Waals surface area contributed by atoms with Crippen LogP contribution in [0.15, 0.2) is 5.10 Å². The lowest BCUT2D eigenvalue weighted by Gasteiger charge is -2.02. The summed E-state index contributed by atoms with van der Waals surface area (Å²) in [4.78, 5) is 10.9. The molecule has 0 spiro atoms. The third-order valence-corrected chi connectivity index (χ3v) is 2.26. The van der Waals surface area contributed by atoms with E-state index in [0.29, 0.717) is 6.61 Å². The molecule has 0 aromatic heterocycles. The lowest BCUT2D eigenvalue weighted by atomic mass is 10.1. The van der Waals surface area contributed by atoms with Crippen molar-refractivity contribution in [2.45, 2.75) is 59.3 Å². The number of hydrazone groups is 1. The largest absolute Gasteiger partial charge is 0.449 e. The van der Waals surface area contributed by atoms with Gasteiger partial charge in [-0.25, -0.2) is 10.2 Å². The molecule has 0 unspecified atom stereocenters. The first kappa shape index (κ1) is 14.9. The summed E-state index contributed by atoms with van der Waals surface area (Å²) >= 11 is 0. The Hall–Kier alpha value is -1.06. The Morgan fingerprint density at radius 3 is 2.50 bits per heavy atom. The number of rotatable bonds is 8. The highest BCUT2D eigenvalue weighted by atomic mass is 16.5. The van der Waals surface area contributed by atoms with Gasteiger partial charge in [0.1, 0.15) is 0 Å². The fourth-order valence-corrected chi connectivity index (χ4v) is 1.34. The zero-order chi connectivity index (χ0) is 12.2. The van der Waals surface area contributed by atoms with E-state index in [4.69, 9.17) is 4.74 Å². The third kappa shape index (κ3) is 9.49. The van der Waals surface area contributed by atoms with Gasteiger partial charge in [0.15, 0.2) is 0 Å². The molecule has 0 bridgehead atoms. The first-order valence-electron chi connectivity index (χ1n) is 6.16. The zero-order valence-corrected chi connectivity index (χ0v) is 10.7. The molecule has 1 N–H and O–H groups in total. The van der Waals surface area contributed by atoms with Crippen LogP contribution in [0, 0.1) is 0 Å². The highest BCUT2D eigenvalue weighted by Crippen LogP contribution is 2.05. The Morgan fingerprint density at radius 1 is 1.19 bits per heavy atom. The second-order valence-electron chi connectivity index (χ2n) is 3.84. The summed E-state index contributed by atoms with van der Waals surface area (Å²) < 4.78 is 4.69. The van der Waals surface area contributed by atoms with Gasteiger partial charge in [-0.2, -0.15) is 5.10 Å². The molecule has 16 heavy (non-hydrogen) atoms. The van der Waals surface area contributed by atoms with Crippen LogP contribution >= 0.6 is 0 Å². The highest BCUT2D eigenvalue weighted by molar-refractivity contribution is 5.83. The van der Waals surface area contributed by atoms with Crippen LogP contribution in [0.5, 0.6) is 0 Å². The van der Waals surface area contributed by atoms with Crippen molar-refractivity contribution in [3.05, 3.63) is 0 Å². The van der Waals surface area contributed by atoms with Crippen molar-refractivity contribution in [2.24, 2.45) is 5.10 Å². The standard InChI is InChI=1S/C12H24N2O2/c1-4-6-7-8-9-10-11(3)13-14-12(15)16-5-2/h4-10H2,1-3H3,(H,14,15). The van der Waals surface area contributed by atoms with Gasteiger partial charge >= 0.3 is 6.09 Å². The molecule has 0 aromatic rings. The van der Waals surface area contributed by atoms with Gasteiger partial charge in [0, 0.05) is 5.71 Å². The highest BCUT2D eigenvalue weighted by Gasteiger charge is 1.98. The lowest BCUT2D eigenvalue weighted by Crippen LogP contribution is -2.20. The van der Waals surface area contributed by atoms with Crippen molar-refractivity contribution in [3.8, 4) is 0 Å². The van der Waals surface area contributed by atoms with Gasteiger partial charge in [-0.3, -0.25) is 0 Å². The smallest absolute Gasteiger partial charge is 0.427 e. The molecule has 0 aromatic carbocycles. The van der Waals surface area contributed by atoms with Crippen LogP contribution in [0.3, 0.4) is 0 Å². The van der Waals surface area contributed by atoms with Crippen LogP contribution in [0.4, 0.5) is 4.79 Å². The summed E-state index contributed by atoms with van der Waals surface area (Å²) in [5.74, 6) is 0. The number of hydrogen-bond acceptors (Lipinski definition) is 3. The normalized spacial score (nSPS) is 11.3. The lowest BCUT2D eigenvalue weighted by molar-refractivity contribution is 0.152. The van der Waals surface area contributed by atoms with E-state index in [9.17, 15) is 4.79 Å². The zero-order valence-electron chi connectivity index (χ0n) is 10.7. The second-order valence-corrected chi connectivity index (χ2v) is 3.84. The molecule has 0 aliphatic carbocycles. The van der Waals surface area contributed by atoms with Crippen molar-refractivity contribution in [1.82, 2.24) is 5.43 Å². The van der Waals surface area contributed by atoms with Crippen molar-refractivity contribution >= 4 is 11.8 Å². The van der Waals surface area contributed by atoms with Gasteiger partial charge in [-0.1, -0.05) is 32.6 Å². The molecule has 0 rings (SSSR count). The molecule has 4 nitrogen and oxygen atoms in total. The maximum atomic E-state index is 10.9. The SMILES string of the molecule is CCCCCCCC(C)=NNC(=O)OCC. The molecule has 0 radical (unpaired) electrons. The minimum absolute atomic E-state index is 0.372. The summed E-state index contributed by atoms with van der Waals surface area (Å²) in [7, 11) is 0. The average molecular weight is 228 g/mol. The van der Waals surface area contributed by atoms with E-state index in [-0.39, 0.29) is 0 Å². The van der Waals surface area contributed by atoms with Crippen LogP contribution in [-0.2, 0) is 4.74 Å². The number of nitrogens with one attached hydrogen (secondary N) is 1. The summed E-state index contributed by atoms with van der Waals surface area (Å²) in [6, 6.07) is 0. The second kappa shape index (κ2) is 10.5. The first-order chi connectivity index (χ1) is 7.70. The monoisotopic (exact) mass is 228 g/mol. The summed E-state index contributed by atoms with van der Waals surface area (Å²) in [5.41, 5.74) is 3.31. The number of nitrogens with zero attached hydrogens (tertiary/aromatic N) is 1. The number of unbranched alkanes of at least 4 members (excludes halogenated alkanes) is 4. The quantitative estimate of drug-likeness (QED) is 0.393. The molecule has 0 fully saturated rings. The molecule has 0 saturated carbocycles. The number of ether oxygens (including phenoxy) is 1. The van der Waals surface area contributed by atoms with E-state index < -0.39 is 6.09 Å². The van der Waals surface area contributed by atoms with Crippen LogP contribution in [0.25, 0.3) is 0 Å². The molecule has 4 heteroatoms. The Bertz CT molecular complexity index is 215. The van der Waals surface area contributed by atoms with E-state index in [1.54, 1.807) is 6.92 Å². The van der Waals surface area contributed by atoms with E-state index in [2.05, 4.69) is 17.5 Å². The molecule has 94 valence electrons. The Kier molecular flexibility index (Phi) is 9.76. The predicted molar refractivity (Wildman–Crippen MR) is 66.6 cm³/mol. The van der Waals surface area contributed by atoms with E-state index in [1.165, 1.54) is 25.7 Å². The number of carbonyl (C=O) groups excluding carboxylic acids is 1.